The van der Waals surface area contributed by atoms with E-state index >= 15 is 0 Å². The number of hydrogen-bond acceptors (Lipinski definition) is 7. The minimum absolute atomic E-state index is 0.114. The Morgan fingerprint density at radius 1 is 1.12 bits per heavy atom. The van der Waals surface area contributed by atoms with Crippen molar-refractivity contribution in [3.05, 3.63) is 64.4 Å². The van der Waals surface area contributed by atoms with Crippen LogP contribution in [0.3, 0.4) is 0 Å². The van der Waals surface area contributed by atoms with Crippen molar-refractivity contribution in [1.29, 1.82) is 0 Å². The number of nitrogens with zero attached hydrogens (tertiary/aromatic N) is 2. The van der Waals surface area contributed by atoms with Crippen LogP contribution in [0.4, 0.5) is 11.6 Å². The molecule has 0 spiro atoms. The smallest absolute Gasteiger partial charge is 0.231 e. The van der Waals surface area contributed by atoms with Crippen molar-refractivity contribution in [3.8, 4) is 0 Å². The number of aromatic nitrogens is 2. The number of nitrogen functional groups attached to an aromatic ring is 2. The van der Waals surface area contributed by atoms with Gasteiger partial charge in [-0.1, -0.05) is 48.2 Å². The van der Waals surface area contributed by atoms with Gasteiger partial charge in [-0.15, -0.1) is 11.3 Å². The van der Waals surface area contributed by atoms with E-state index in [-0.39, 0.29) is 29.3 Å². The monoisotopic (exact) mass is 371 g/mol. The molecule has 1 atom stereocenters. The first kappa shape index (κ1) is 17.2. The second kappa shape index (κ2) is 8.00. The fraction of sp³-hybridized carbons (Fsp3) is 0.118. The van der Waals surface area contributed by atoms with Crippen LogP contribution in [-0.2, 0) is 4.79 Å². The van der Waals surface area contributed by atoms with Crippen LogP contribution in [0.2, 0.25) is 0 Å². The standard InChI is InChI=1S/C17H17N5OS2/c18-13-9-14(19)21-17(20-13)25-10-15(23)22-16(12-7-4-8-24-12)11-5-2-1-3-6-11/h1-9,16H,10H2,(H,22,23)(H4,18,19,20,21)/t16-/m0/s1. The number of rotatable bonds is 6. The van der Waals surface area contributed by atoms with Crippen LogP contribution in [0.1, 0.15) is 16.5 Å². The van der Waals surface area contributed by atoms with Gasteiger partial charge in [-0.2, -0.15) is 0 Å². The number of nitrogens with two attached hydrogens (primary N) is 2. The molecule has 6 nitrogen and oxygen atoms in total. The minimum Gasteiger partial charge on any atom is -0.383 e. The van der Waals surface area contributed by atoms with Gasteiger partial charge in [0.05, 0.1) is 11.8 Å². The molecule has 0 saturated carbocycles. The maximum absolute atomic E-state index is 12.4. The van der Waals surface area contributed by atoms with Gasteiger partial charge < -0.3 is 16.8 Å². The van der Waals surface area contributed by atoms with E-state index in [0.717, 1.165) is 10.4 Å². The van der Waals surface area contributed by atoms with Gasteiger partial charge in [0.25, 0.3) is 0 Å². The normalized spacial score (nSPS) is 11.8. The summed E-state index contributed by atoms with van der Waals surface area (Å²) in [5.74, 6) is 0.640. The number of nitrogens with one attached hydrogen (secondary N) is 1. The fourth-order valence-electron chi connectivity index (χ4n) is 2.28. The van der Waals surface area contributed by atoms with E-state index in [4.69, 9.17) is 11.5 Å². The number of thiophene rings is 1. The molecule has 0 unspecified atom stereocenters. The van der Waals surface area contributed by atoms with E-state index in [2.05, 4.69) is 15.3 Å². The fourth-order valence-corrected chi connectivity index (χ4v) is 3.76. The molecule has 0 aliphatic heterocycles. The third kappa shape index (κ3) is 4.71. The molecule has 2 aromatic heterocycles. The summed E-state index contributed by atoms with van der Waals surface area (Å²) in [6, 6.07) is 15.2. The molecule has 1 aromatic carbocycles. The number of anilines is 2. The van der Waals surface area contributed by atoms with Gasteiger partial charge in [-0.3, -0.25) is 4.79 Å². The highest BCUT2D eigenvalue weighted by molar-refractivity contribution is 7.99. The molecule has 3 aromatic rings. The first-order chi connectivity index (χ1) is 12.1. The molecule has 0 radical (unpaired) electrons. The summed E-state index contributed by atoms with van der Waals surface area (Å²) in [7, 11) is 0. The van der Waals surface area contributed by atoms with E-state index in [1.54, 1.807) is 11.3 Å². The Morgan fingerprint density at radius 3 is 2.48 bits per heavy atom. The van der Waals surface area contributed by atoms with Crippen molar-refractivity contribution in [3.63, 3.8) is 0 Å². The second-order valence-corrected chi connectivity index (χ2v) is 7.14. The Morgan fingerprint density at radius 2 is 1.84 bits per heavy atom. The maximum atomic E-state index is 12.4. The van der Waals surface area contributed by atoms with Crippen LogP contribution < -0.4 is 16.8 Å². The van der Waals surface area contributed by atoms with Gasteiger partial charge in [0.1, 0.15) is 11.6 Å². The van der Waals surface area contributed by atoms with Crippen LogP contribution in [0.5, 0.6) is 0 Å². The van der Waals surface area contributed by atoms with Crippen LogP contribution in [0.25, 0.3) is 0 Å². The van der Waals surface area contributed by atoms with E-state index in [1.807, 2.05) is 47.8 Å². The van der Waals surface area contributed by atoms with Crippen molar-refractivity contribution in [2.24, 2.45) is 0 Å². The van der Waals surface area contributed by atoms with Crippen molar-refractivity contribution in [1.82, 2.24) is 15.3 Å². The lowest BCUT2D eigenvalue weighted by Crippen LogP contribution is -2.30. The summed E-state index contributed by atoms with van der Waals surface area (Å²) in [6.45, 7) is 0. The molecule has 0 bridgehead atoms. The lowest BCUT2D eigenvalue weighted by atomic mass is 10.1. The van der Waals surface area contributed by atoms with E-state index in [9.17, 15) is 4.79 Å². The first-order valence-electron chi connectivity index (χ1n) is 7.52. The Balaban J connectivity index is 1.68. The Labute approximate surface area is 153 Å². The van der Waals surface area contributed by atoms with Crippen LogP contribution in [-0.4, -0.2) is 21.6 Å². The molecule has 1 amide bonds. The number of thioether (sulfide) groups is 1. The van der Waals surface area contributed by atoms with Gasteiger partial charge >= 0.3 is 0 Å². The summed E-state index contributed by atoms with van der Waals surface area (Å²) in [4.78, 5) is 21.6. The SMILES string of the molecule is Nc1cc(N)nc(SCC(=O)N[C@@H](c2ccccc2)c2cccs2)n1. The van der Waals surface area contributed by atoms with Crippen LogP contribution in [0, 0.1) is 0 Å². The summed E-state index contributed by atoms with van der Waals surface area (Å²) in [5, 5.41) is 5.45. The van der Waals surface area contributed by atoms with Crippen molar-refractivity contribution in [2.45, 2.75) is 11.2 Å². The number of carbonyl (C=O) groups excluding carboxylic acids is 1. The van der Waals surface area contributed by atoms with Crippen molar-refractivity contribution >= 4 is 40.6 Å². The van der Waals surface area contributed by atoms with E-state index in [1.165, 1.54) is 17.8 Å². The molecular weight excluding hydrogens is 354 g/mol. The minimum atomic E-state index is -0.180. The highest BCUT2D eigenvalue weighted by atomic mass is 32.2. The Kier molecular flexibility index (Phi) is 5.52. The topological polar surface area (TPSA) is 107 Å². The van der Waals surface area contributed by atoms with E-state index < -0.39 is 0 Å². The van der Waals surface area contributed by atoms with Gasteiger partial charge in [-0.25, -0.2) is 9.97 Å². The second-order valence-electron chi connectivity index (χ2n) is 5.22. The molecule has 0 aliphatic rings. The molecule has 0 saturated heterocycles. The average Bonchev–Trinajstić information content (AvgIpc) is 3.12. The molecule has 3 rings (SSSR count). The molecule has 5 N–H and O–H groups in total. The number of benzene rings is 1. The van der Waals surface area contributed by atoms with E-state index in [0.29, 0.717) is 5.16 Å². The molecule has 0 aliphatic carbocycles. The summed E-state index contributed by atoms with van der Waals surface area (Å²) >= 11 is 2.81. The van der Waals surface area contributed by atoms with Gasteiger partial charge in [0, 0.05) is 10.9 Å². The van der Waals surface area contributed by atoms with Gasteiger partial charge in [0.2, 0.25) is 5.91 Å². The average molecular weight is 371 g/mol. The van der Waals surface area contributed by atoms with Crippen molar-refractivity contribution < 1.29 is 4.79 Å². The number of amides is 1. The summed E-state index contributed by atoms with van der Waals surface area (Å²) in [6.07, 6.45) is 0. The first-order valence-corrected chi connectivity index (χ1v) is 9.39. The summed E-state index contributed by atoms with van der Waals surface area (Å²) < 4.78 is 0. The Bertz CT molecular complexity index is 819. The number of carbonyl (C=O) groups is 1. The van der Waals surface area contributed by atoms with Crippen molar-refractivity contribution in [2.75, 3.05) is 17.2 Å². The molecular formula is C17H17N5OS2. The quantitative estimate of drug-likeness (QED) is 0.454. The third-order valence-electron chi connectivity index (χ3n) is 3.34. The van der Waals surface area contributed by atoms with Gasteiger partial charge in [0.15, 0.2) is 5.16 Å². The molecule has 128 valence electrons. The zero-order valence-corrected chi connectivity index (χ0v) is 14.9. The Hall–Kier alpha value is -2.58. The zero-order chi connectivity index (χ0) is 17.6. The van der Waals surface area contributed by atoms with Crippen LogP contribution >= 0.6 is 23.1 Å². The molecule has 25 heavy (non-hydrogen) atoms. The largest absolute Gasteiger partial charge is 0.383 e. The predicted octanol–water partition coefficient (Wildman–Crippen LogP) is 2.70. The molecule has 8 heteroatoms. The summed E-state index contributed by atoms with van der Waals surface area (Å²) in [5.41, 5.74) is 12.3. The zero-order valence-electron chi connectivity index (χ0n) is 13.3. The third-order valence-corrected chi connectivity index (χ3v) is 5.13. The lowest BCUT2D eigenvalue weighted by Gasteiger charge is -2.18. The molecule has 0 fully saturated rings. The maximum Gasteiger partial charge on any atom is 0.231 e. The molecule has 2 heterocycles. The van der Waals surface area contributed by atoms with Crippen LogP contribution in [0.15, 0.2) is 59.1 Å². The van der Waals surface area contributed by atoms with Gasteiger partial charge in [-0.05, 0) is 17.0 Å². The highest BCUT2D eigenvalue weighted by Crippen LogP contribution is 2.26. The number of hydrogen-bond donors (Lipinski definition) is 3. The predicted molar refractivity (Wildman–Crippen MR) is 102 cm³/mol. The highest BCUT2D eigenvalue weighted by Gasteiger charge is 2.18. The lowest BCUT2D eigenvalue weighted by molar-refractivity contribution is -0.119.